The Balaban J connectivity index is 2.11. The molecule has 1 aliphatic carbocycles. The van der Waals surface area contributed by atoms with Gasteiger partial charge >= 0.3 is 0 Å². The number of anilines is 1. The Hall–Kier alpha value is -1.01. The average molecular weight is 279 g/mol. The summed E-state index contributed by atoms with van der Waals surface area (Å²) < 4.78 is 0.950. The zero-order valence-electron chi connectivity index (χ0n) is 9.33. The molecule has 1 fully saturated rings. The zero-order chi connectivity index (χ0) is 11.5. The summed E-state index contributed by atoms with van der Waals surface area (Å²) >= 11 is 3.38. The lowest BCUT2D eigenvalue weighted by Gasteiger charge is -2.32. The summed E-state index contributed by atoms with van der Waals surface area (Å²) in [5, 5.41) is 12.5. The van der Waals surface area contributed by atoms with Gasteiger partial charge in [-0.2, -0.15) is 5.26 Å². The standard InChI is InChI=1S/C13H15BrN2/c1-9(10-3-2-4-10)16-13-6-5-12(14)7-11(13)8-15/h5-7,9-10,16H,2-4H2,1H3. The van der Waals surface area contributed by atoms with Gasteiger partial charge in [0, 0.05) is 10.5 Å². The van der Waals surface area contributed by atoms with Gasteiger partial charge in [-0.25, -0.2) is 0 Å². The van der Waals surface area contributed by atoms with Gasteiger partial charge in [-0.05, 0) is 43.9 Å². The first-order chi connectivity index (χ1) is 7.70. The largest absolute Gasteiger partial charge is 0.381 e. The monoisotopic (exact) mass is 278 g/mol. The Morgan fingerprint density at radius 1 is 1.50 bits per heavy atom. The van der Waals surface area contributed by atoms with E-state index in [-0.39, 0.29) is 0 Å². The molecular weight excluding hydrogens is 264 g/mol. The fourth-order valence-electron chi connectivity index (χ4n) is 2.04. The van der Waals surface area contributed by atoms with E-state index in [0.717, 1.165) is 16.1 Å². The highest BCUT2D eigenvalue weighted by Crippen LogP contribution is 2.31. The lowest BCUT2D eigenvalue weighted by Crippen LogP contribution is -2.31. The number of hydrogen-bond donors (Lipinski definition) is 1. The van der Waals surface area contributed by atoms with Crippen molar-refractivity contribution in [1.29, 1.82) is 5.26 Å². The van der Waals surface area contributed by atoms with E-state index in [1.54, 1.807) is 0 Å². The van der Waals surface area contributed by atoms with Crippen molar-refractivity contribution >= 4 is 21.6 Å². The van der Waals surface area contributed by atoms with Crippen LogP contribution in [0.3, 0.4) is 0 Å². The van der Waals surface area contributed by atoms with Crippen LogP contribution >= 0.6 is 15.9 Å². The Kier molecular flexibility index (Phi) is 3.50. The molecule has 1 atom stereocenters. The molecule has 1 aromatic carbocycles. The highest BCUT2D eigenvalue weighted by atomic mass is 79.9. The van der Waals surface area contributed by atoms with Gasteiger partial charge in [-0.3, -0.25) is 0 Å². The Morgan fingerprint density at radius 3 is 2.81 bits per heavy atom. The maximum atomic E-state index is 9.05. The van der Waals surface area contributed by atoms with Crippen LogP contribution in [-0.4, -0.2) is 6.04 Å². The highest BCUT2D eigenvalue weighted by molar-refractivity contribution is 9.10. The Morgan fingerprint density at radius 2 is 2.25 bits per heavy atom. The van der Waals surface area contributed by atoms with Gasteiger partial charge in [0.1, 0.15) is 6.07 Å². The number of nitrogens with one attached hydrogen (secondary N) is 1. The lowest BCUT2D eigenvalue weighted by atomic mass is 9.80. The molecule has 0 bridgehead atoms. The SMILES string of the molecule is CC(Nc1ccc(Br)cc1C#N)C1CCC1. The van der Waals surface area contributed by atoms with E-state index in [1.165, 1.54) is 19.3 Å². The molecule has 0 radical (unpaired) electrons. The second-order valence-electron chi connectivity index (χ2n) is 4.43. The van der Waals surface area contributed by atoms with Crippen LogP contribution in [-0.2, 0) is 0 Å². The number of benzene rings is 1. The third-order valence-electron chi connectivity index (χ3n) is 3.34. The summed E-state index contributed by atoms with van der Waals surface area (Å²) in [5.74, 6) is 0.773. The molecule has 1 N–H and O–H groups in total. The summed E-state index contributed by atoms with van der Waals surface area (Å²) in [6, 6.07) is 8.48. The quantitative estimate of drug-likeness (QED) is 0.910. The normalized spacial score (nSPS) is 17.3. The van der Waals surface area contributed by atoms with E-state index in [4.69, 9.17) is 5.26 Å². The number of nitrogens with zero attached hydrogens (tertiary/aromatic N) is 1. The summed E-state index contributed by atoms with van der Waals surface area (Å²) in [6.07, 6.45) is 3.97. The number of rotatable bonds is 3. The molecule has 0 saturated heterocycles. The fourth-order valence-corrected chi connectivity index (χ4v) is 2.40. The van der Waals surface area contributed by atoms with Crippen LogP contribution in [0.25, 0.3) is 0 Å². The van der Waals surface area contributed by atoms with Gasteiger partial charge in [0.2, 0.25) is 0 Å². The highest BCUT2D eigenvalue weighted by Gasteiger charge is 2.24. The first-order valence-electron chi connectivity index (χ1n) is 5.67. The molecule has 1 aromatic rings. The van der Waals surface area contributed by atoms with Crippen LogP contribution in [0.1, 0.15) is 31.7 Å². The van der Waals surface area contributed by atoms with Crippen LogP contribution in [0.2, 0.25) is 0 Å². The van der Waals surface area contributed by atoms with Crippen molar-refractivity contribution in [1.82, 2.24) is 0 Å². The van der Waals surface area contributed by atoms with Crippen molar-refractivity contribution in [3.05, 3.63) is 28.2 Å². The predicted octanol–water partition coefficient (Wildman–Crippen LogP) is 3.92. The van der Waals surface area contributed by atoms with Crippen molar-refractivity contribution in [2.24, 2.45) is 5.92 Å². The van der Waals surface area contributed by atoms with Gasteiger partial charge < -0.3 is 5.32 Å². The minimum absolute atomic E-state index is 0.460. The third-order valence-corrected chi connectivity index (χ3v) is 3.84. The first-order valence-corrected chi connectivity index (χ1v) is 6.46. The number of halogens is 1. The second-order valence-corrected chi connectivity index (χ2v) is 5.34. The minimum Gasteiger partial charge on any atom is -0.381 e. The van der Waals surface area contributed by atoms with Crippen molar-refractivity contribution in [3.8, 4) is 6.07 Å². The van der Waals surface area contributed by atoms with Crippen molar-refractivity contribution < 1.29 is 0 Å². The average Bonchev–Trinajstić information content (AvgIpc) is 2.18. The maximum Gasteiger partial charge on any atom is 0.101 e. The van der Waals surface area contributed by atoms with Gasteiger partial charge in [-0.15, -0.1) is 0 Å². The van der Waals surface area contributed by atoms with Crippen LogP contribution in [0.15, 0.2) is 22.7 Å². The van der Waals surface area contributed by atoms with E-state index in [0.29, 0.717) is 11.6 Å². The molecule has 0 amide bonds. The van der Waals surface area contributed by atoms with Crippen LogP contribution < -0.4 is 5.32 Å². The summed E-state index contributed by atoms with van der Waals surface area (Å²) in [5.41, 5.74) is 1.66. The topological polar surface area (TPSA) is 35.8 Å². The second kappa shape index (κ2) is 4.88. The van der Waals surface area contributed by atoms with Crippen LogP contribution in [0.4, 0.5) is 5.69 Å². The molecule has 0 heterocycles. The molecule has 0 aromatic heterocycles. The molecule has 1 aliphatic rings. The molecule has 2 nitrogen and oxygen atoms in total. The first kappa shape index (κ1) is 11.5. The molecule has 2 rings (SSSR count). The molecule has 0 aliphatic heterocycles. The van der Waals surface area contributed by atoms with Crippen molar-refractivity contribution in [2.45, 2.75) is 32.2 Å². The van der Waals surface area contributed by atoms with E-state index < -0.39 is 0 Å². The third kappa shape index (κ3) is 2.38. The molecule has 84 valence electrons. The molecule has 1 saturated carbocycles. The van der Waals surface area contributed by atoms with Crippen LogP contribution in [0, 0.1) is 17.2 Å². The molecule has 3 heteroatoms. The van der Waals surface area contributed by atoms with E-state index in [2.05, 4.69) is 34.2 Å². The lowest BCUT2D eigenvalue weighted by molar-refractivity contribution is 0.285. The minimum atomic E-state index is 0.460. The van der Waals surface area contributed by atoms with Crippen LogP contribution in [0.5, 0.6) is 0 Å². The van der Waals surface area contributed by atoms with E-state index in [9.17, 15) is 0 Å². The summed E-state index contributed by atoms with van der Waals surface area (Å²) in [6.45, 7) is 2.20. The van der Waals surface area contributed by atoms with Gasteiger partial charge in [0.15, 0.2) is 0 Å². The van der Waals surface area contributed by atoms with Gasteiger partial charge in [-0.1, -0.05) is 22.4 Å². The molecular formula is C13H15BrN2. The zero-order valence-corrected chi connectivity index (χ0v) is 10.9. The van der Waals surface area contributed by atoms with Crippen molar-refractivity contribution in [2.75, 3.05) is 5.32 Å². The van der Waals surface area contributed by atoms with Gasteiger partial charge in [0.05, 0.1) is 11.3 Å². The van der Waals surface area contributed by atoms with Crippen molar-refractivity contribution in [3.63, 3.8) is 0 Å². The molecule has 1 unspecified atom stereocenters. The number of hydrogen-bond acceptors (Lipinski definition) is 2. The van der Waals surface area contributed by atoms with E-state index >= 15 is 0 Å². The Bertz CT molecular complexity index is 418. The Labute approximate surface area is 105 Å². The molecule has 0 spiro atoms. The number of nitriles is 1. The maximum absolute atomic E-state index is 9.05. The smallest absolute Gasteiger partial charge is 0.101 e. The summed E-state index contributed by atoms with van der Waals surface area (Å²) in [4.78, 5) is 0. The molecule has 16 heavy (non-hydrogen) atoms. The fraction of sp³-hybridized carbons (Fsp3) is 0.462. The van der Waals surface area contributed by atoms with E-state index in [1.807, 2.05) is 18.2 Å². The van der Waals surface area contributed by atoms with Gasteiger partial charge in [0.25, 0.3) is 0 Å². The summed E-state index contributed by atoms with van der Waals surface area (Å²) in [7, 11) is 0. The predicted molar refractivity (Wildman–Crippen MR) is 69.3 cm³/mol.